The lowest BCUT2D eigenvalue weighted by molar-refractivity contribution is -0.139. The zero-order valence-corrected chi connectivity index (χ0v) is 16.4. The van der Waals surface area contributed by atoms with Crippen LogP contribution in [0.4, 0.5) is 0 Å². The molecule has 23 heavy (non-hydrogen) atoms. The van der Waals surface area contributed by atoms with Gasteiger partial charge < -0.3 is 10.1 Å². The Kier molecular flexibility index (Phi) is 14.4. The van der Waals surface area contributed by atoms with E-state index in [4.69, 9.17) is 0 Å². The number of nitrogens with one attached hydrogen (secondary N) is 1. The molecule has 6 heteroatoms. The van der Waals surface area contributed by atoms with Crippen LogP contribution in [-0.4, -0.2) is 48.4 Å². The number of thiol groups is 1. The molecule has 1 heterocycles. The van der Waals surface area contributed by atoms with Crippen LogP contribution in [0.5, 0.6) is 0 Å². The molecule has 136 valence electrons. The van der Waals surface area contributed by atoms with Gasteiger partial charge in [0.2, 0.25) is 11.8 Å². The Morgan fingerprint density at radius 3 is 2.13 bits per heavy atom. The van der Waals surface area contributed by atoms with Crippen LogP contribution in [0.2, 0.25) is 0 Å². The van der Waals surface area contributed by atoms with Crippen molar-refractivity contribution in [3.05, 3.63) is 0 Å². The van der Waals surface area contributed by atoms with Crippen molar-refractivity contribution in [3.8, 4) is 0 Å². The first-order valence-corrected chi connectivity index (χ1v) is 8.83. The number of likely N-dealkylation sites (tertiary alicyclic amines) is 1. The van der Waals surface area contributed by atoms with Gasteiger partial charge in [0.25, 0.3) is 0 Å². The molecule has 1 unspecified atom stereocenters. The average molecular weight is 347 g/mol. The second-order valence-corrected chi connectivity index (χ2v) is 6.96. The SMILES string of the molecule is CC.CC(C)(S)C1CC(=O)N(CCCCCC=O)C1=O.CNC. The van der Waals surface area contributed by atoms with Crippen molar-refractivity contribution in [2.24, 2.45) is 5.92 Å². The van der Waals surface area contributed by atoms with Gasteiger partial charge in [-0.25, -0.2) is 0 Å². The normalized spacial score (nSPS) is 17.2. The van der Waals surface area contributed by atoms with Crippen LogP contribution in [0.3, 0.4) is 0 Å². The van der Waals surface area contributed by atoms with E-state index in [-0.39, 0.29) is 24.2 Å². The average Bonchev–Trinajstić information content (AvgIpc) is 2.77. The van der Waals surface area contributed by atoms with Crippen LogP contribution in [0.25, 0.3) is 0 Å². The Bertz CT molecular complexity index is 354. The predicted molar refractivity (Wildman–Crippen MR) is 98.8 cm³/mol. The Labute approximate surface area is 147 Å². The molecule has 0 radical (unpaired) electrons. The Morgan fingerprint density at radius 2 is 1.74 bits per heavy atom. The first-order valence-electron chi connectivity index (χ1n) is 8.38. The van der Waals surface area contributed by atoms with E-state index in [2.05, 4.69) is 17.9 Å². The predicted octanol–water partition coefficient (Wildman–Crippen LogP) is 2.69. The molecule has 0 aromatic carbocycles. The minimum absolute atomic E-state index is 0.0949. The molecule has 0 saturated carbocycles. The van der Waals surface area contributed by atoms with Gasteiger partial charge in [0.1, 0.15) is 6.29 Å². The fourth-order valence-corrected chi connectivity index (χ4v) is 2.35. The van der Waals surface area contributed by atoms with Crippen LogP contribution in [0.15, 0.2) is 0 Å². The van der Waals surface area contributed by atoms with Gasteiger partial charge in [-0.05, 0) is 26.9 Å². The smallest absolute Gasteiger partial charge is 0.234 e. The fraction of sp³-hybridized carbons (Fsp3) is 0.824. The molecule has 1 aliphatic heterocycles. The van der Waals surface area contributed by atoms with Gasteiger partial charge in [-0.3, -0.25) is 14.5 Å². The number of unbranched alkanes of at least 4 members (excludes halogenated alkanes) is 3. The second kappa shape index (κ2) is 13.5. The first kappa shape index (κ1) is 24.4. The van der Waals surface area contributed by atoms with Crippen molar-refractivity contribution in [1.29, 1.82) is 0 Å². The number of imide groups is 1. The summed E-state index contributed by atoms with van der Waals surface area (Å²) in [6.45, 7) is 8.19. The molecule has 2 amide bonds. The highest BCUT2D eigenvalue weighted by Gasteiger charge is 2.44. The molecule has 0 spiro atoms. The molecular formula is C17H34N2O3S. The molecular weight excluding hydrogens is 312 g/mol. The molecule has 5 nitrogen and oxygen atoms in total. The molecule has 1 rings (SSSR count). The van der Waals surface area contributed by atoms with E-state index in [1.807, 2.05) is 41.8 Å². The minimum Gasteiger partial charge on any atom is -0.323 e. The molecule has 0 aromatic heterocycles. The van der Waals surface area contributed by atoms with Crippen molar-refractivity contribution >= 4 is 30.7 Å². The zero-order valence-electron chi connectivity index (χ0n) is 15.5. The molecule has 0 aliphatic carbocycles. The summed E-state index contributed by atoms with van der Waals surface area (Å²) in [5.74, 6) is -0.513. The maximum absolute atomic E-state index is 12.1. The maximum Gasteiger partial charge on any atom is 0.234 e. The van der Waals surface area contributed by atoms with Crippen LogP contribution in [0.1, 0.15) is 59.8 Å². The quantitative estimate of drug-likeness (QED) is 0.322. The van der Waals surface area contributed by atoms with Crippen LogP contribution in [-0.2, 0) is 14.4 Å². The van der Waals surface area contributed by atoms with E-state index in [0.29, 0.717) is 13.0 Å². The molecule has 0 bridgehead atoms. The Morgan fingerprint density at radius 1 is 1.22 bits per heavy atom. The van der Waals surface area contributed by atoms with Crippen molar-refractivity contribution in [2.45, 2.75) is 64.5 Å². The standard InChI is InChI=1S/C13H21NO3S.C2H7N.C2H6/c1-13(2,18)10-9-11(16)14(12(10)17)7-5-3-4-6-8-15;1-3-2;1-2/h8,10,18H,3-7,9H2,1-2H3;3H,1-2H3;1-2H3. The van der Waals surface area contributed by atoms with E-state index in [1.54, 1.807) is 0 Å². The summed E-state index contributed by atoms with van der Waals surface area (Å²) in [7, 11) is 3.75. The number of hydrogen-bond acceptors (Lipinski definition) is 5. The largest absolute Gasteiger partial charge is 0.323 e. The van der Waals surface area contributed by atoms with Gasteiger partial charge in [-0.1, -0.05) is 34.1 Å². The second-order valence-electron chi connectivity index (χ2n) is 5.81. The number of carbonyl (C=O) groups excluding carboxylic acids is 3. The topological polar surface area (TPSA) is 66.5 Å². The number of amides is 2. The lowest BCUT2D eigenvalue weighted by Crippen LogP contribution is -2.36. The molecule has 1 aliphatic rings. The van der Waals surface area contributed by atoms with E-state index >= 15 is 0 Å². The monoisotopic (exact) mass is 346 g/mol. The molecule has 0 aromatic rings. The minimum atomic E-state index is -0.459. The molecule has 1 atom stereocenters. The third kappa shape index (κ3) is 9.76. The summed E-state index contributed by atoms with van der Waals surface area (Å²) in [5, 5.41) is 2.75. The molecule has 1 saturated heterocycles. The first-order chi connectivity index (χ1) is 10.8. The van der Waals surface area contributed by atoms with Crippen molar-refractivity contribution < 1.29 is 14.4 Å². The molecule has 1 fully saturated rings. The summed E-state index contributed by atoms with van der Waals surface area (Å²) < 4.78 is -0.459. The third-order valence-corrected chi connectivity index (χ3v) is 3.61. The zero-order chi connectivity index (χ0) is 18.5. The molecule has 1 N–H and O–H groups in total. The third-order valence-electron chi connectivity index (χ3n) is 3.30. The van der Waals surface area contributed by atoms with Crippen molar-refractivity contribution in [3.63, 3.8) is 0 Å². The van der Waals surface area contributed by atoms with Crippen LogP contribution in [0, 0.1) is 5.92 Å². The van der Waals surface area contributed by atoms with Gasteiger partial charge >= 0.3 is 0 Å². The van der Waals surface area contributed by atoms with Gasteiger partial charge in [0.15, 0.2) is 0 Å². The van der Waals surface area contributed by atoms with Gasteiger partial charge in [-0.2, -0.15) is 12.6 Å². The summed E-state index contributed by atoms with van der Waals surface area (Å²) in [6, 6.07) is 0. The maximum atomic E-state index is 12.1. The van der Waals surface area contributed by atoms with Crippen LogP contribution < -0.4 is 5.32 Å². The Balaban J connectivity index is 0. The van der Waals surface area contributed by atoms with E-state index in [0.717, 1.165) is 25.5 Å². The lowest BCUT2D eigenvalue weighted by atomic mass is 9.93. The van der Waals surface area contributed by atoms with E-state index in [9.17, 15) is 14.4 Å². The van der Waals surface area contributed by atoms with Crippen LogP contribution >= 0.6 is 12.6 Å². The van der Waals surface area contributed by atoms with Crippen molar-refractivity contribution in [2.75, 3.05) is 20.6 Å². The summed E-state index contributed by atoms with van der Waals surface area (Å²) in [5.41, 5.74) is 0. The lowest BCUT2D eigenvalue weighted by Gasteiger charge is -2.23. The number of aldehydes is 1. The van der Waals surface area contributed by atoms with Gasteiger partial charge in [0.05, 0.1) is 5.92 Å². The van der Waals surface area contributed by atoms with Gasteiger partial charge in [0, 0.05) is 24.1 Å². The highest BCUT2D eigenvalue weighted by atomic mass is 32.1. The summed E-state index contributed by atoms with van der Waals surface area (Å²) in [6.07, 6.45) is 4.17. The van der Waals surface area contributed by atoms with Crippen molar-refractivity contribution in [1.82, 2.24) is 10.2 Å². The summed E-state index contributed by atoms with van der Waals surface area (Å²) in [4.78, 5) is 35.4. The number of rotatable bonds is 7. The van der Waals surface area contributed by atoms with E-state index in [1.165, 1.54) is 4.90 Å². The highest BCUT2D eigenvalue weighted by molar-refractivity contribution is 7.81. The van der Waals surface area contributed by atoms with E-state index < -0.39 is 4.75 Å². The Hall–Kier alpha value is -0.880. The van der Waals surface area contributed by atoms with Gasteiger partial charge in [-0.15, -0.1) is 0 Å². The summed E-state index contributed by atoms with van der Waals surface area (Å²) >= 11 is 4.39. The fourth-order valence-electron chi connectivity index (χ4n) is 2.14. The highest BCUT2D eigenvalue weighted by Crippen LogP contribution is 2.33. The number of nitrogens with zero attached hydrogens (tertiary/aromatic N) is 1. The number of hydrogen-bond donors (Lipinski definition) is 2. The number of carbonyl (C=O) groups is 3.